The van der Waals surface area contributed by atoms with Gasteiger partial charge in [0.1, 0.15) is 17.2 Å². The second-order valence-electron chi connectivity index (χ2n) is 11.4. The van der Waals surface area contributed by atoms with Gasteiger partial charge in [0.05, 0.1) is 5.92 Å². The van der Waals surface area contributed by atoms with Crippen LogP contribution in [0.2, 0.25) is 0 Å². The maximum Gasteiger partial charge on any atom is 0.410 e. The Bertz CT molecular complexity index is 970. The first-order valence-electron chi connectivity index (χ1n) is 13.1. The van der Waals surface area contributed by atoms with Crippen LogP contribution in [0.4, 0.5) is 19.3 Å². The first-order chi connectivity index (χ1) is 17.0. The van der Waals surface area contributed by atoms with Gasteiger partial charge in [0.25, 0.3) is 0 Å². The largest absolute Gasteiger partial charge is 0.444 e. The number of likely N-dealkylation sites (tertiary alicyclic amines) is 1. The van der Waals surface area contributed by atoms with Crippen LogP contribution in [0.3, 0.4) is 0 Å². The summed E-state index contributed by atoms with van der Waals surface area (Å²) in [7, 11) is 0. The molecule has 1 aromatic carbocycles. The predicted molar refractivity (Wildman–Crippen MR) is 132 cm³/mol. The van der Waals surface area contributed by atoms with Crippen molar-refractivity contribution >= 4 is 23.6 Å². The molecule has 0 bridgehead atoms. The molecule has 1 unspecified atom stereocenters. The summed E-state index contributed by atoms with van der Waals surface area (Å²) in [5.41, 5.74) is -0.250. The van der Waals surface area contributed by atoms with Crippen molar-refractivity contribution in [1.29, 1.82) is 0 Å². The molecule has 3 aliphatic heterocycles. The minimum Gasteiger partial charge on any atom is -0.444 e. The molecule has 3 fully saturated rings. The van der Waals surface area contributed by atoms with E-state index in [0.717, 1.165) is 58.3 Å². The number of hydrogen-bond acceptors (Lipinski definition) is 5. The number of anilines is 1. The van der Waals surface area contributed by atoms with Crippen LogP contribution in [0, 0.1) is 23.5 Å². The molecule has 198 valence electrons. The second-order valence-corrected chi connectivity index (χ2v) is 11.4. The molecule has 4 rings (SSSR count). The van der Waals surface area contributed by atoms with Crippen molar-refractivity contribution in [3.63, 3.8) is 0 Å². The van der Waals surface area contributed by atoms with Gasteiger partial charge in [-0.2, -0.15) is 0 Å². The van der Waals surface area contributed by atoms with E-state index in [0.29, 0.717) is 17.5 Å². The van der Waals surface area contributed by atoms with E-state index in [1.54, 1.807) is 4.90 Å². The minimum atomic E-state index is -0.982. The van der Waals surface area contributed by atoms with Crippen molar-refractivity contribution in [3.05, 3.63) is 29.3 Å². The van der Waals surface area contributed by atoms with Gasteiger partial charge in [0.2, 0.25) is 11.8 Å². The summed E-state index contributed by atoms with van der Waals surface area (Å²) in [5, 5.41) is 2.17. The van der Waals surface area contributed by atoms with Crippen LogP contribution >= 0.6 is 0 Å². The summed E-state index contributed by atoms with van der Waals surface area (Å²) >= 11 is 0. The van der Waals surface area contributed by atoms with Crippen LogP contribution in [0.1, 0.15) is 77.2 Å². The number of nitrogens with zero attached hydrogens (tertiary/aromatic N) is 2. The molecule has 9 heteroatoms. The third-order valence-corrected chi connectivity index (χ3v) is 7.56. The number of piperidine rings is 3. The Kier molecular flexibility index (Phi) is 7.85. The summed E-state index contributed by atoms with van der Waals surface area (Å²) in [6.45, 7) is 8.50. The summed E-state index contributed by atoms with van der Waals surface area (Å²) < 4.78 is 35.3. The Morgan fingerprint density at radius 3 is 2.06 bits per heavy atom. The maximum atomic E-state index is 14.9. The number of carbonyl (C=O) groups is 3. The first kappa shape index (κ1) is 26.4. The van der Waals surface area contributed by atoms with Gasteiger partial charge in [-0.1, -0.05) is 0 Å². The molecule has 1 atom stereocenters. The second kappa shape index (κ2) is 10.7. The quantitative estimate of drug-likeness (QED) is 0.598. The van der Waals surface area contributed by atoms with Gasteiger partial charge in [-0.3, -0.25) is 14.9 Å². The van der Waals surface area contributed by atoms with E-state index in [4.69, 9.17) is 4.74 Å². The van der Waals surface area contributed by atoms with Gasteiger partial charge < -0.3 is 14.5 Å². The molecule has 0 radical (unpaired) electrons. The van der Waals surface area contributed by atoms with E-state index in [1.165, 1.54) is 12.1 Å². The molecule has 3 amide bonds. The van der Waals surface area contributed by atoms with Crippen LogP contribution in [0.5, 0.6) is 0 Å². The number of imide groups is 1. The Hall–Kier alpha value is -2.71. The van der Waals surface area contributed by atoms with Crippen LogP contribution in [-0.2, 0) is 14.3 Å². The Labute approximate surface area is 211 Å². The van der Waals surface area contributed by atoms with Crippen molar-refractivity contribution < 1.29 is 27.9 Å². The zero-order valence-electron chi connectivity index (χ0n) is 21.4. The highest BCUT2D eigenvalue weighted by atomic mass is 19.1. The van der Waals surface area contributed by atoms with Crippen molar-refractivity contribution in [2.75, 3.05) is 31.1 Å². The highest BCUT2D eigenvalue weighted by Crippen LogP contribution is 2.35. The van der Waals surface area contributed by atoms with Gasteiger partial charge >= 0.3 is 6.09 Å². The number of carbonyl (C=O) groups excluding carboxylic acids is 3. The molecule has 1 N–H and O–H groups in total. The third-order valence-electron chi connectivity index (χ3n) is 7.56. The van der Waals surface area contributed by atoms with Crippen LogP contribution in [-0.4, -0.2) is 54.6 Å². The zero-order valence-corrected chi connectivity index (χ0v) is 21.4. The van der Waals surface area contributed by atoms with E-state index < -0.39 is 35.0 Å². The number of benzene rings is 1. The summed E-state index contributed by atoms with van der Waals surface area (Å²) in [5.74, 6) is -2.39. The van der Waals surface area contributed by atoms with E-state index in [1.807, 2.05) is 25.7 Å². The van der Waals surface area contributed by atoms with Gasteiger partial charge in [-0.25, -0.2) is 13.6 Å². The smallest absolute Gasteiger partial charge is 0.410 e. The molecular formula is C27H37F2N3O4. The van der Waals surface area contributed by atoms with E-state index in [-0.39, 0.29) is 24.5 Å². The Morgan fingerprint density at radius 2 is 1.53 bits per heavy atom. The number of halogens is 2. The maximum absolute atomic E-state index is 14.9. The fraction of sp³-hybridized carbons (Fsp3) is 0.667. The molecule has 3 aliphatic rings. The van der Waals surface area contributed by atoms with E-state index in [9.17, 15) is 23.2 Å². The molecule has 0 aliphatic carbocycles. The van der Waals surface area contributed by atoms with Gasteiger partial charge in [-0.15, -0.1) is 0 Å². The lowest BCUT2D eigenvalue weighted by Crippen LogP contribution is -2.42. The topological polar surface area (TPSA) is 79.0 Å². The highest BCUT2D eigenvalue weighted by Gasteiger charge is 2.34. The Balaban J connectivity index is 1.27. The lowest BCUT2D eigenvalue weighted by Gasteiger charge is -2.38. The summed E-state index contributed by atoms with van der Waals surface area (Å²) in [6, 6.07) is 2.63. The predicted octanol–water partition coefficient (Wildman–Crippen LogP) is 4.74. The molecule has 0 saturated carbocycles. The number of amides is 3. The standard InChI is InChI=1S/C27H37F2N3O4/c1-27(2,3)36-26(35)32-12-8-18(9-13-32)14-17-6-10-31(11-7-17)19-15-21(28)24(22(29)16-19)20-4-5-23(33)30-25(20)34/h15-18,20H,4-14H2,1-3H3,(H,30,33,34). The van der Waals surface area contributed by atoms with Crippen LogP contribution in [0.15, 0.2) is 12.1 Å². The average Bonchev–Trinajstić information content (AvgIpc) is 2.80. The minimum absolute atomic E-state index is 0.0740. The van der Waals surface area contributed by atoms with Gasteiger partial charge in [0, 0.05) is 43.9 Å². The van der Waals surface area contributed by atoms with Crippen LogP contribution in [0.25, 0.3) is 0 Å². The lowest BCUT2D eigenvalue weighted by molar-refractivity contribution is -0.134. The van der Waals surface area contributed by atoms with Crippen molar-refractivity contribution in [2.24, 2.45) is 11.8 Å². The SMILES string of the molecule is CC(C)(C)OC(=O)N1CCC(CC2CCN(c3cc(F)c(C4CCC(=O)NC4=O)c(F)c3)CC2)CC1. The molecular weight excluding hydrogens is 468 g/mol. The number of ether oxygens (including phenoxy) is 1. The third kappa shape index (κ3) is 6.34. The molecule has 1 aromatic rings. The monoisotopic (exact) mass is 505 g/mol. The molecule has 3 saturated heterocycles. The molecule has 36 heavy (non-hydrogen) atoms. The number of hydrogen-bond donors (Lipinski definition) is 1. The van der Waals surface area contributed by atoms with E-state index >= 15 is 0 Å². The van der Waals surface area contributed by atoms with Crippen LogP contribution < -0.4 is 10.2 Å². The lowest BCUT2D eigenvalue weighted by atomic mass is 9.82. The normalized spacial score (nSPS) is 22.5. The Morgan fingerprint density at radius 1 is 0.972 bits per heavy atom. The van der Waals surface area contributed by atoms with Gasteiger partial charge in [-0.05, 0) is 83.3 Å². The fourth-order valence-corrected chi connectivity index (χ4v) is 5.63. The van der Waals surface area contributed by atoms with E-state index in [2.05, 4.69) is 5.32 Å². The number of rotatable bonds is 4. The summed E-state index contributed by atoms with van der Waals surface area (Å²) in [4.78, 5) is 39.6. The molecule has 0 aromatic heterocycles. The van der Waals surface area contributed by atoms with Crippen molar-refractivity contribution in [1.82, 2.24) is 10.2 Å². The van der Waals surface area contributed by atoms with Crippen molar-refractivity contribution in [3.8, 4) is 0 Å². The number of nitrogens with one attached hydrogen (secondary N) is 1. The highest BCUT2D eigenvalue weighted by molar-refractivity contribution is 6.01. The summed E-state index contributed by atoms with van der Waals surface area (Å²) in [6.07, 6.45) is 4.89. The molecule has 7 nitrogen and oxygen atoms in total. The molecule has 0 spiro atoms. The zero-order chi connectivity index (χ0) is 26.0. The molecule has 3 heterocycles. The first-order valence-corrected chi connectivity index (χ1v) is 13.1. The fourth-order valence-electron chi connectivity index (χ4n) is 5.63. The van der Waals surface area contributed by atoms with Gasteiger partial charge in [0.15, 0.2) is 0 Å². The van der Waals surface area contributed by atoms with Crippen molar-refractivity contribution in [2.45, 2.75) is 77.2 Å². The average molecular weight is 506 g/mol.